The first-order valence-corrected chi connectivity index (χ1v) is 5.44. The molecule has 1 aliphatic heterocycles. The molecule has 3 nitrogen and oxygen atoms in total. The molecule has 2 N–H and O–H groups in total. The van der Waals surface area contributed by atoms with Crippen LogP contribution < -0.4 is 5.32 Å². The Balaban J connectivity index is 2.32. The zero-order valence-electron chi connectivity index (χ0n) is 9.05. The standard InChI is InChI=1S/C14H11NO2/c16-8-12-9-4-1-2-5-10(9)14-11(15-12)6-3-7-13(14)17/h1-8,12,15,17H. The molecule has 1 heterocycles. The molecule has 0 spiro atoms. The number of carbonyl (C=O) groups is 1. The van der Waals surface area contributed by atoms with E-state index in [-0.39, 0.29) is 11.8 Å². The molecule has 1 atom stereocenters. The molecule has 0 radical (unpaired) electrons. The molecule has 3 heteroatoms. The predicted molar refractivity (Wildman–Crippen MR) is 66.0 cm³/mol. The van der Waals surface area contributed by atoms with Gasteiger partial charge in [0, 0.05) is 11.3 Å². The van der Waals surface area contributed by atoms with Crippen LogP contribution in [0.25, 0.3) is 11.1 Å². The highest BCUT2D eigenvalue weighted by molar-refractivity contribution is 5.91. The van der Waals surface area contributed by atoms with E-state index in [4.69, 9.17) is 0 Å². The van der Waals surface area contributed by atoms with E-state index in [2.05, 4.69) is 5.32 Å². The van der Waals surface area contributed by atoms with Gasteiger partial charge in [0.15, 0.2) is 0 Å². The number of phenols is 1. The van der Waals surface area contributed by atoms with Crippen molar-refractivity contribution in [1.82, 2.24) is 0 Å². The van der Waals surface area contributed by atoms with Crippen molar-refractivity contribution in [2.45, 2.75) is 6.04 Å². The van der Waals surface area contributed by atoms with Crippen molar-refractivity contribution < 1.29 is 9.90 Å². The summed E-state index contributed by atoms with van der Waals surface area (Å²) in [5, 5.41) is 13.0. The van der Waals surface area contributed by atoms with E-state index in [1.165, 1.54) is 0 Å². The van der Waals surface area contributed by atoms with Gasteiger partial charge in [-0.1, -0.05) is 30.3 Å². The molecule has 84 valence electrons. The quantitative estimate of drug-likeness (QED) is 0.734. The average molecular weight is 225 g/mol. The molecular formula is C14H11NO2. The highest BCUT2D eigenvalue weighted by atomic mass is 16.3. The SMILES string of the molecule is O=CC1Nc2cccc(O)c2-c2ccccc21. The van der Waals surface area contributed by atoms with E-state index in [0.29, 0.717) is 0 Å². The fraction of sp³-hybridized carbons (Fsp3) is 0.0714. The summed E-state index contributed by atoms with van der Waals surface area (Å²) < 4.78 is 0. The minimum atomic E-state index is -0.347. The summed E-state index contributed by atoms with van der Waals surface area (Å²) in [6, 6.07) is 12.5. The lowest BCUT2D eigenvalue weighted by molar-refractivity contribution is -0.108. The summed E-state index contributed by atoms with van der Waals surface area (Å²) in [7, 11) is 0. The molecule has 2 aromatic carbocycles. The number of benzene rings is 2. The number of anilines is 1. The van der Waals surface area contributed by atoms with E-state index in [1.807, 2.05) is 30.3 Å². The van der Waals surface area contributed by atoms with Gasteiger partial charge < -0.3 is 15.2 Å². The van der Waals surface area contributed by atoms with Crippen LogP contribution in [0.3, 0.4) is 0 Å². The van der Waals surface area contributed by atoms with Crippen LogP contribution >= 0.6 is 0 Å². The fourth-order valence-corrected chi connectivity index (χ4v) is 2.29. The molecule has 1 unspecified atom stereocenters. The number of hydrogen-bond acceptors (Lipinski definition) is 3. The van der Waals surface area contributed by atoms with Gasteiger partial charge in [-0.3, -0.25) is 0 Å². The van der Waals surface area contributed by atoms with Crippen LogP contribution in [0.4, 0.5) is 5.69 Å². The van der Waals surface area contributed by atoms with Crippen LogP contribution in [0.5, 0.6) is 5.75 Å². The monoisotopic (exact) mass is 225 g/mol. The maximum absolute atomic E-state index is 11.1. The van der Waals surface area contributed by atoms with E-state index in [1.54, 1.807) is 12.1 Å². The minimum absolute atomic E-state index is 0.229. The maximum Gasteiger partial charge on any atom is 0.146 e. The van der Waals surface area contributed by atoms with E-state index in [0.717, 1.165) is 28.7 Å². The van der Waals surface area contributed by atoms with Gasteiger partial charge in [-0.05, 0) is 23.3 Å². The molecule has 0 aliphatic carbocycles. The summed E-state index contributed by atoms with van der Waals surface area (Å²) >= 11 is 0. The molecule has 0 fully saturated rings. The lowest BCUT2D eigenvalue weighted by Gasteiger charge is -2.26. The second-order valence-corrected chi connectivity index (χ2v) is 4.05. The third kappa shape index (κ3) is 1.40. The molecule has 17 heavy (non-hydrogen) atoms. The predicted octanol–water partition coefficient (Wildman–Crippen LogP) is 2.72. The number of aldehydes is 1. The largest absolute Gasteiger partial charge is 0.507 e. The molecule has 2 aromatic rings. The van der Waals surface area contributed by atoms with Crippen LogP contribution in [-0.2, 0) is 4.79 Å². The zero-order chi connectivity index (χ0) is 11.8. The van der Waals surface area contributed by atoms with Crippen molar-refractivity contribution in [3.8, 4) is 16.9 Å². The van der Waals surface area contributed by atoms with Crippen molar-refractivity contribution in [1.29, 1.82) is 0 Å². The fourth-order valence-electron chi connectivity index (χ4n) is 2.29. The number of fused-ring (bicyclic) bond motifs is 3. The molecule has 3 rings (SSSR count). The van der Waals surface area contributed by atoms with Gasteiger partial charge in [0.25, 0.3) is 0 Å². The second-order valence-electron chi connectivity index (χ2n) is 4.05. The third-order valence-corrected chi connectivity index (χ3v) is 3.05. The number of nitrogens with one attached hydrogen (secondary N) is 1. The summed E-state index contributed by atoms with van der Waals surface area (Å²) in [4.78, 5) is 11.1. The molecule has 1 aliphatic rings. The van der Waals surface area contributed by atoms with Crippen LogP contribution in [0, 0.1) is 0 Å². The number of carbonyl (C=O) groups excluding carboxylic acids is 1. The van der Waals surface area contributed by atoms with Gasteiger partial charge in [-0.25, -0.2) is 0 Å². The normalized spacial score (nSPS) is 16.6. The van der Waals surface area contributed by atoms with Crippen LogP contribution in [0.15, 0.2) is 42.5 Å². The van der Waals surface area contributed by atoms with Crippen molar-refractivity contribution in [3.05, 3.63) is 48.0 Å². The Morgan fingerprint density at radius 1 is 1.12 bits per heavy atom. The van der Waals surface area contributed by atoms with Gasteiger partial charge in [0.1, 0.15) is 18.1 Å². The average Bonchev–Trinajstić information content (AvgIpc) is 2.37. The smallest absolute Gasteiger partial charge is 0.146 e. The summed E-state index contributed by atoms with van der Waals surface area (Å²) in [5.41, 5.74) is 3.37. The zero-order valence-corrected chi connectivity index (χ0v) is 9.05. The third-order valence-electron chi connectivity index (χ3n) is 3.05. The summed E-state index contributed by atoms with van der Waals surface area (Å²) in [6.07, 6.45) is 0.881. The molecule has 0 saturated carbocycles. The topological polar surface area (TPSA) is 49.3 Å². The summed E-state index contributed by atoms with van der Waals surface area (Å²) in [5.74, 6) is 0.229. The van der Waals surface area contributed by atoms with Gasteiger partial charge in [0.2, 0.25) is 0 Å². The van der Waals surface area contributed by atoms with Crippen molar-refractivity contribution >= 4 is 12.0 Å². The first-order valence-electron chi connectivity index (χ1n) is 5.44. The Morgan fingerprint density at radius 3 is 2.76 bits per heavy atom. The first kappa shape index (κ1) is 9.90. The van der Waals surface area contributed by atoms with Gasteiger partial charge in [-0.2, -0.15) is 0 Å². The number of phenolic OH excluding ortho intramolecular Hbond substituents is 1. The Kier molecular flexibility index (Phi) is 2.11. The number of rotatable bonds is 1. The van der Waals surface area contributed by atoms with E-state index < -0.39 is 0 Å². The molecule has 0 bridgehead atoms. The Morgan fingerprint density at radius 2 is 1.94 bits per heavy atom. The Hall–Kier alpha value is -2.29. The maximum atomic E-state index is 11.1. The van der Waals surface area contributed by atoms with Crippen LogP contribution in [-0.4, -0.2) is 11.4 Å². The van der Waals surface area contributed by atoms with Crippen LogP contribution in [0.1, 0.15) is 11.6 Å². The summed E-state index contributed by atoms with van der Waals surface area (Å²) in [6.45, 7) is 0. The Labute approximate surface area is 98.7 Å². The van der Waals surface area contributed by atoms with Gasteiger partial charge >= 0.3 is 0 Å². The number of hydrogen-bond donors (Lipinski definition) is 2. The molecule has 0 aromatic heterocycles. The molecule has 0 saturated heterocycles. The number of aromatic hydroxyl groups is 1. The van der Waals surface area contributed by atoms with Crippen LogP contribution in [0.2, 0.25) is 0 Å². The van der Waals surface area contributed by atoms with E-state index in [9.17, 15) is 9.90 Å². The highest BCUT2D eigenvalue weighted by Crippen LogP contribution is 2.44. The first-order chi connectivity index (χ1) is 8.31. The lowest BCUT2D eigenvalue weighted by atomic mass is 9.90. The van der Waals surface area contributed by atoms with E-state index >= 15 is 0 Å². The van der Waals surface area contributed by atoms with Crippen molar-refractivity contribution in [2.24, 2.45) is 0 Å². The second kappa shape index (κ2) is 3.63. The Bertz CT molecular complexity index is 593. The molecular weight excluding hydrogens is 214 g/mol. The molecule has 0 amide bonds. The highest BCUT2D eigenvalue weighted by Gasteiger charge is 2.24. The van der Waals surface area contributed by atoms with Gasteiger partial charge in [-0.15, -0.1) is 0 Å². The van der Waals surface area contributed by atoms with Crippen molar-refractivity contribution in [3.63, 3.8) is 0 Å². The van der Waals surface area contributed by atoms with Crippen molar-refractivity contribution in [2.75, 3.05) is 5.32 Å². The lowest BCUT2D eigenvalue weighted by Crippen LogP contribution is -2.17. The minimum Gasteiger partial charge on any atom is -0.507 e. The van der Waals surface area contributed by atoms with Gasteiger partial charge in [0.05, 0.1) is 0 Å².